The molecule has 1 unspecified atom stereocenters. The first-order valence-electron chi connectivity index (χ1n) is 12.6. The average Bonchev–Trinajstić information content (AvgIpc) is 3.51. The number of aliphatic hydroxyl groups is 1. The highest BCUT2D eigenvalue weighted by Gasteiger charge is 2.47. The van der Waals surface area contributed by atoms with Crippen LogP contribution in [0.4, 0.5) is 11.4 Å². The molecule has 3 aromatic rings. The summed E-state index contributed by atoms with van der Waals surface area (Å²) in [6, 6.07) is 19.9. The number of carbonyl (C=O) groups excluding carboxylic acids is 2. The Morgan fingerprint density at radius 3 is 2.27 bits per heavy atom. The van der Waals surface area contributed by atoms with Crippen LogP contribution < -0.4 is 14.5 Å². The Labute approximate surface area is 216 Å². The summed E-state index contributed by atoms with van der Waals surface area (Å²) in [4.78, 5) is 30.5. The molecular formula is C30H30N2O5. The first-order valence-corrected chi connectivity index (χ1v) is 12.6. The summed E-state index contributed by atoms with van der Waals surface area (Å²) >= 11 is 0. The first kappa shape index (κ1) is 24.4. The van der Waals surface area contributed by atoms with Gasteiger partial charge >= 0.3 is 0 Å². The van der Waals surface area contributed by atoms with Gasteiger partial charge in [-0.05, 0) is 80.8 Å². The quantitative estimate of drug-likeness (QED) is 0.269. The van der Waals surface area contributed by atoms with Crippen molar-refractivity contribution >= 4 is 28.8 Å². The van der Waals surface area contributed by atoms with E-state index in [0.717, 1.165) is 31.6 Å². The number of hydrogen-bond acceptors (Lipinski definition) is 6. The zero-order chi connectivity index (χ0) is 26.1. The van der Waals surface area contributed by atoms with Crippen LogP contribution in [0.5, 0.6) is 11.5 Å². The monoisotopic (exact) mass is 498 g/mol. The molecule has 0 spiro atoms. The highest BCUT2D eigenvalue weighted by Crippen LogP contribution is 2.43. The number of benzene rings is 3. The third-order valence-corrected chi connectivity index (χ3v) is 6.71. The maximum Gasteiger partial charge on any atom is 0.300 e. The Hall–Kier alpha value is -4.26. The van der Waals surface area contributed by atoms with Crippen LogP contribution in [0.15, 0.2) is 78.4 Å². The van der Waals surface area contributed by atoms with E-state index in [1.165, 1.54) is 17.0 Å². The van der Waals surface area contributed by atoms with Crippen LogP contribution in [0.25, 0.3) is 5.76 Å². The molecule has 0 aliphatic carbocycles. The van der Waals surface area contributed by atoms with Gasteiger partial charge < -0.3 is 19.8 Å². The zero-order valence-corrected chi connectivity index (χ0v) is 20.9. The number of phenolic OH excluding ortho intramolecular Hbond substituents is 1. The van der Waals surface area contributed by atoms with Crippen molar-refractivity contribution < 1.29 is 24.5 Å². The normalized spacial score (nSPS) is 19.2. The molecule has 2 N–H and O–H groups in total. The molecule has 0 aromatic heterocycles. The molecule has 1 atom stereocenters. The molecule has 190 valence electrons. The standard InChI is InChI=1S/C30H30N2O5/c1-19(2)37-25-10-6-8-21(18-25)28(34)26-27(20-7-5-9-24(33)17-20)32(30(36)29(26)35)23-13-11-22(12-14-23)31-15-3-4-16-31/h5-14,17-19,27,33-34H,3-4,15-16H2,1-2H3/b28-26+. The maximum atomic E-state index is 13.4. The van der Waals surface area contributed by atoms with Crippen molar-refractivity contribution in [1.29, 1.82) is 0 Å². The Kier molecular flexibility index (Phi) is 6.61. The van der Waals surface area contributed by atoms with Crippen molar-refractivity contribution in [1.82, 2.24) is 0 Å². The zero-order valence-electron chi connectivity index (χ0n) is 20.9. The molecule has 0 radical (unpaired) electrons. The third-order valence-electron chi connectivity index (χ3n) is 6.71. The summed E-state index contributed by atoms with van der Waals surface area (Å²) in [7, 11) is 0. The molecule has 0 bridgehead atoms. The van der Waals surface area contributed by atoms with Gasteiger partial charge in [0.2, 0.25) is 0 Å². The topological polar surface area (TPSA) is 90.3 Å². The van der Waals surface area contributed by atoms with Crippen LogP contribution >= 0.6 is 0 Å². The van der Waals surface area contributed by atoms with Gasteiger partial charge in [0.15, 0.2) is 0 Å². The molecular weight excluding hydrogens is 468 g/mol. The maximum absolute atomic E-state index is 13.4. The van der Waals surface area contributed by atoms with Crippen LogP contribution in [-0.4, -0.2) is 41.1 Å². The molecule has 2 fully saturated rings. The minimum absolute atomic E-state index is 0.000185. The number of hydrogen-bond donors (Lipinski definition) is 2. The summed E-state index contributed by atoms with van der Waals surface area (Å²) in [5.41, 5.74) is 2.44. The van der Waals surface area contributed by atoms with E-state index >= 15 is 0 Å². The predicted octanol–water partition coefficient (Wildman–Crippen LogP) is 5.41. The lowest BCUT2D eigenvalue weighted by Crippen LogP contribution is -2.29. The number of anilines is 2. The molecule has 2 aliphatic rings. The fourth-order valence-corrected chi connectivity index (χ4v) is 5.05. The van der Waals surface area contributed by atoms with Gasteiger partial charge in [0.25, 0.3) is 11.7 Å². The van der Waals surface area contributed by atoms with Gasteiger partial charge in [-0.1, -0.05) is 24.3 Å². The molecule has 0 saturated carbocycles. The highest BCUT2D eigenvalue weighted by atomic mass is 16.5. The van der Waals surface area contributed by atoms with E-state index in [-0.39, 0.29) is 23.2 Å². The number of aliphatic hydroxyl groups excluding tert-OH is 1. The average molecular weight is 499 g/mol. The first-order chi connectivity index (χ1) is 17.8. The van der Waals surface area contributed by atoms with Gasteiger partial charge in [0, 0.05) is 30.0 Å². The van der Waals surface area contributed by atoms with Crippen LogP contribution in [0, 0.1) is 0 Å². The number of phenols is 1. The van der Waals surface area contributed by atoms with E-state index in [9.17, 15) is 19.8 Å². The van der Waals surface area contributed by atoms with Crippen LogP contribution in [0.2, 0.25) is 0 Å². The molecule has 2 heterocycles. The van der Waals surface area contributed by atoms with Gasteiger partial charge in [-0.3, -0.25) is 14.5 Å². The number of carbonyl (C=O) groups is 2. The molecule has 2 saturated heterocycles. The van der Waals surface area contributed by atoms with E-state index in [2.05, 4.69) is 4.90 Å². The van der Waals surface area contributed by atoms with E-state index in [1.54, 1.807) is 36.4 Å². The smallest absolute Gasteiger partial charge is 0.300 e. The van der Waals surface area contributed by atoms with E-state index in [4.69, 9.17) is 4.74 Å². The van der Waals surface area contributed by atoms with Gasteiger partial charge in [-0.25, -0.2) is 0 Å². The number of ketones is 1. The Morgan fingerprint density at radius 1 is 0.919 bits per heavy atom. The largest absolute Gasteiger partial charge is 0.508 e. The molecule has 37 heavy (non-hydrogen) atoms. The van der Waals surface area contributed by atoms with Crippen molar-refractivity contribution in [2.24, 2.45) is 0 Å². The van der Waals surface area contributed by atoms with Gasteiger partial charge in [-0.15, -0.1) is 0 Å². The number of aromatic hydroxyl groups is 1. The Morgan fingerprint density at radius 2 is 1.59 bits per heavy atom. The highest BCUT2D eigenvalue weighted by molar-refractivity contribution is 6.51. The van der Waals surface area contributed by atoms with Crippen LogP contribution in [0.3, 0.4) is 0 Å². The Balaban J connectivity index is 1.61. The van der Waals surface area contributed by atoms with E-state index in [0.29, 0.717) is 22.6 Å². The molecule has 2 aliphatic heterocycles. The molecule has 3 aromatic carbocycles. The summed E-state index contributed by atoms with van der Waals surface area (Å²) < 4.78 is 5.75. The summed E-state index contributed by atoms with van der Waals surface area (Å²) in [6.45, 7) is 5.78. The number of nitrogens with zero attached hydrogens (tertiary/aromatic N) is 2. The fourth-order valence-electron chi connectivity index (χ4n) is 5.05. The second-order valence-electron chi connectivity index (χ2n) is 9.67. The van der Waals surface area contributed by atoms with Gasteiger partial charge in [0.1, 0.15) is 17.3 Å². The molecule has 1 amide bonds. The number of ether oxygens (including phenoxy) is 1. The second-order valence-corrected chi connectivity index (χ2v) is 9.67. The number of amides is 1. The SMILES string of the molecule is CC(C)Oc1cccc(/C(O)=C2\C(=O)C(=O)N(c3ccc(N4CCCC4)cc3)C2c2cccc(O)c2)c1. The minimum atomic E-state index is -0.917. The number of rotatable bonds is 6. The predicted molar refractivity (Wildman–Crippen MR) is 143 cm³/mol. The lowest BCUT2D eigenvalue weighted by molar-refractivity contribution is -0.132. The van der Waals surface area contributed by atoms with E-state index < -0.39 is 17.7 Å². The molecule has 7 nitrogen and oxygen atoms in total. The summed E-state index contributed by atoms with van der Waals surface area (Å²) in [6.07, 6.45) is 2.23. The van der Waals surface area contributed by atoms with Gasteiger partial charge in [-0.2, -0.15) is 0 Å². The summed E-state index contributed by atoms with van der Waals surface area (Å²) in [5.74, 6) is -1.28. The molecule has 5 rings (SSSR count). The van der Waals surface area contributed by atoms with Crippen molar-refractivity contribution in [3.8, 4) is 11.5 Å². The minimum Gasteiger partial charge on any atom is -0.508 e. The lowest BCUT2D eigenvalue weighted by Gasteiger charge is -2.26. The van der Waals surface area contributed by atoms with Crippen LogP contribution in [-0.2, 0) is 9.59 Å². The van der Waals surface area contributed by atoms with E-state index in [1.807, 2.05) is 38.1 Å². The second kappa shape index (κ2) is 10.0. The Bertz CT molecular complexity index is 1360. The lowest BCUT2D eigenvalue weighted by atomic mass is 9.95. The third kappa shape index (κ3) is 4.77. The number of Topliss-reactive ketones (excluding diaryl/α,β-unsaturated/α-hetero) is 1. The molecule has 7 heteroatoms. The van der Waals surface area contributed by atoms with Crippen molar-refractivity contribution in [2.75, 3.05) is 22.9 Å². The van der Waals surface area contributed by atoms with Crippen LogP contribution in [0.1, 0.15) is 43.9 Å². The van der Waals surface area contributed by atoms with Crippen molar-refractivity contribution in [3.05, 3.63) is 89.5 Å². The fraction of sp³-hybridized carbons (Fsp3) is 0.267. The van der Waals surface area contributed by atoms with Crippen molar-refractivity contribution in [2.45, 2.75) is 38.8 Å². The summed E-state index contributed by atoms with van der Waals surface area (Å²) in [5, 5.41) is 21.6. The van der Waals surface area contributed by atoms with Crippen molar-refractivity contribution in [3.63, 3.8) is 0 Å². The van der Waals surface area contributed by atoms with Gasteiger partial charge in [0.05, 0.1) is 17.7 Å².